The molecular formula is C17H16N2O4S. The number of hydrogen-bond donors (Lipinski definition) is 1. The Labute approximate surface area is 142 Å². The first-order valence-corrected chi connectivity index (χ1v) is 8.27. The van der Waals surface area contributed by atoms with Crippen LogP contribution in [-0.2, 0) is 16.1 Å². The van der Waals surface area contributed by atoms with E-state index in [-0.39, 0.29) is 23.7 Å². The van der Waals surface area contributed by atoms with Crippen molar-refractivity contribution in [1.29, 1.82) is 0 Å². The van der Waals surface area contributed by atoms with Crippen LogP contribution in [0.3, 0.4) is 0 Å². The number of fused-ring (bicyclic) bond motifs is 1. The standard InChI is InChI=1S/C17H16N2O4S/c1-10(2)19-16(22)14(24-17(19)23)7-11-8-18(9-15(20)21)13-6-4-3-5-12(11)13/h3-8,10H,9H2,1-2H3,(H,20,21)/b14-7+. The Morgan fingerprint density at radius 2 is 2.00 bits per heavy atom. The summed E-state index contributed by atoms with van der Waals surface area (Å²) in [6, 6.07) is 7.18. The molecule has 0 atom stereocenters. The van der Waals surface area contributed by atoms with Crippen LogP contribution in [0, 0.1) is 0 Å². The van der Waals surface area contributed by atoms with E-state index in [0.29, 0.717) is 4.91 Å². The van der Waals surface area contributed by atoms with Gasteiger partial charge in [0.15, 0.2) is 0 Å². The van der Waals surface area contributed by atoms with Crippen molar-refractivity contribution in [3.8, 4) is 0 Å². The van der Waals surface area contributed by atoms with Crippen molar-refractivity contribution in [1.82, 2.24) is 9.47 Å². The molecule has 3 rings (SSSR count). The van der Waals surface area contributed by atoms with Crippen LogP contribution in [0.1, 0.15) is 19.4 Å². The fourth-order valence-electron chi connectivity index (χ4n) is 2.73. The predicted octanol–water partition coefficient (Wildman–Crippen LogP) is 3.17. The zero-order chi connectivity index (χ0) is 17.4. The summed E-state index contributed by atoms with van der Waals surface area (Å²) in [4.78, 5) is 37.0. The number of benzene rings is 1. The van der Waals surface area contributed by atoms with Crippen LogP contribution in [0.5, 0.6) is 0 Å². The van der Waals surface area contributed by atoms with Crippen molar-refractivity contribution in [3.05, 3.63) is 40.9 Å². The van der Waals surface area contributed by atoms with E-state index in [9.17, 15) is 14.4 Å². The lowest BCUT2D eigenvalue weighted by Crippen LogP contribution is -2.34. The van der Waals surface area contributed by atoms with Gasteiger partial charge in [-0.2, -0.15) is 0 Å². The van der Waals surface area contributed by atoms with E-state index in [0.717, 1.165) is 28.2 Å². The lowest BCUT2D eigenvalue weighted by atomic mass is 10.1. The molecule has 0 saturated carbocycles. The van der Waals surface area contributed by atoms with E-state index >= 15 is 0 Å². The lowest BCUT2D eigenvalue weighted by molar-refractivity contribution is -0.137. The number of rotatable bonds is 4. The fourth-order valence-corrected chi connectivity index (χ4v) is 3.68. The predicted molar refractivity (Wildman–Crippen MR) is 92.5 cm³/mol. The van der Waals surface area contributed by atoms with Crippen LogP contribution in [0.2, 0.25) is 0 Å². The molecule has 1 saturated heterocycles. The Morgan fingerprint density at radius 1 is 1.29 bits per heavy atom. The number of aliphatic carboxylic acids is 1. The normalized spacial score (nSPS) is 16.8. The molecule has 0 spiro atoms. The summed E-state index contributed by atoms with van der Waals surface area (Å²) >= 11 is 0.910. The van der Waals surface area contributed by atoms with Gasteiger partial charge in [-0.3, -0.25) is 19.3 Å². The minimum Gasteiger partial charge on any atom is -0.480 e. The van der Waals surface area contributed by atoms with Crippen molar-refractivity contribution in [2.75, 3.05) is 0 Å². The van der Waals surface area contributed by atoms with E-state index in [2.05, 4.69) is 0 Å². The maximum absolute atomic E-state index is 12.4. The topological polar surface area (TPSA) is 79.6 Å². The van der Waals surface area contributed by atoms with Crippen molar-refractivity contribution in [3.63, 3.8) is 0 Å². The number of imide groups is 1. The molecule has 2 amide bonds. The van der Waals surface area contributed by atoms with Gasteiger partial charge in [-0.1, -0.05) is 18.2 Å². The molecule has 2 heterocycles. The Kier molecular flexibility index (Phi) is 4.19. The van der Waals surface area contributed by atoms with Gasteiger partial charge in [0.1, 0.15) is 6.54 Å². The van der Waals surface area contributed by atoms with Gasteiger partial charge in [-0.15, -0.1) is 0 Å². The molecule has 1 N–H and O–H groups in total. The molecule has 2 aromatic rings. The Balaban J connectivity index is 2.06. The zero-order valence-electron chi connectivity index (χ0n) is 13.2. The molecule has 1 aromatic heterocycles. The summed E-state index contributed by atoms with van der Waals surface area (Å²) in [7, 11) is 0. The van der Waals surface area contributed by atoms with Gasteiger partial charge in [-0.05, 0) is 37.8 Å². The van der Waals surface area contributed by atoms with Crippen LogP contribution < -0.4 is 0 Å². The molecular weight excluding hydrogens is 328 g/mol. The summed E-state index contributed by atoms with van der Waals surface area (Å²) < 4.78 is 1.62. The SMILES string of the molecule is CC(C)N1C(=O)S/C(=C/c2cn(CC(=O)O)c3ccccc23)C1=O. The molecule has 6 nitrogen and oxygen atoms in total. The second-order valence-electron chi connectivity index (χ2n) is 5.77. The van der Waals surface area contributed by atoms with Gasteiger partial charge >= 0.3 is 5.97 Å². The van der Waals surface area contributed by atoms with Gasteiger partial charge in [-0.25, -0.2) is 0 Å². The summed E-state index contributed by atoms with van der Waals surface area (Å²) in [5.41, 5.74) is 1.50. The summed E-state index contributed by atoms with van der Waals surface area (Å²) in [5, 5.41) is 9.61. The number of carbonyl (C=O) groups is 3. The highest BCUT2D eigenvalue weighted by Crippen LogP contribution is 2.35. The molecule has 24 heavy (non-hydrogen) atoms. The zero-order valence-corrected chi connectivity index (χ0v) is 14.0. The van der Waals surface area contributed by atoms with Crippen molar-refractivity contribution >= 4 is 45.9 Å². The Bertz CT molecular complexity index is 882. The number of para-hydroxylation sites is 1. The molecule has 1 aliphatic heterocycles. The number of carboxylic acids is 1. The molecule has 1 aliphatic rings. The second-order valence-corrected chi connectivity index (χ2v) is 6.76. The van der Waals surface area contributed by atoms with Crippen LogP contribution >= 0.6 is 11.8 Å². The second kappa shape index (κ2) is 6.16. The third kappa shape index (κ3) is 2.82. The maximum atomic E-state index is 12.4. The third-order valence-electron chi connectivity index (χ3n) is 3.75. The van der Waals surface area contributed by atoms with Crippen LogP contribution in [0.4, 0.5) is 4.79 Å². The molecule has 0 unspecified atom stereocenters. The van der Waals surface area contributed by atoms with Crippen molar-refractivity contribution in [2.45, 2.75) is 26.4 Å². The van der Waals surface area contributed by atoms with Gasteiger partial charge in [0.25, 0.3) is 11.1 Å². The Morgan fingerprint density at radius 3 is 2.62 bits per heavy atom. The number of carbonyl (C=O) groups excluding carboxylic acids is 2. The van der Waals surface area contributed by atoms with Crippen LogP contribution in [-0.4, -0.2) is 37.7 Å². The van der Waals surface area contributed by atoms with Gasteiger partial charge in [0, 0.05) is 28.7 Å². The largest absolute Gasteiger partial charge is 0.480 e. The van der Waals surface area contributed by atoms with E-state index in [4.69, 9.17) is 5.11 Å². The minimum atomic E-state index is -0.942. The van der Waals surface area contributed by atoms with E-state index in [1.807, 2.05) is 24.3 Å². The first-order valence-electron chi connectivity index (χ1n) is 7.45. The summed E-state index contributed by atoms with van der Waals surface area (Å²) in [5.74, 6) is -1.25. The quantitative estimate of drug-likeness (QED) is 0.862. The number of aromatic nitrogens is 1. The average molecular weight is 344 g/mol. The fraction of sp³-hybridized carbons (Fsp3) is 0.235. The number of carboxylic acid groups (broad SMARTS) is 1. The van der Waals surface area contributed by atoms with Crippen LogP contribution in [0.15, 0.2) is 35.4 Å². The molecule has 0 radical (unpaired) electrons. The molecule has 0 aliphatic carbocycles. The Hall–Kier alpha value is -2.54. The first kappa shape index (κ1) is 16.3. The van der Waals surface area contributed by atoms with Crippen molar-refractivity contribution in [2.24, 2.45) is 0 Å². The van der Waals surface area contributed by atoms with Crippen molar-refractivity contribution < 1.29 is 19.5 Å². The summed E-state index contributed by atoms with van der Waals surface area (Å²) in [6.45, 7) is 3.41. The first-order chi connectivity index (χ1) is 11.4. The van der Waals surface area contributed by atoms with Gasteiger partial charge in [0.05, 0.1) is 4.91 Å². The molecule has 1 fully saturated rings. The number of amides is 2. The number of nitrogens with zero attached hydrogens (tertiary/aromatic N) is 2. The number of thioether (sulfide) groups is 1. The van der Waals surface area contributed by atoms with Gasteiger partial charge in [0.2, 0.25) is 0 Å². The van der Waals surface area contributed by atoms with E-state index in [1.165, 1.54) is 4.90 Å². The molecule has 0 bridgehead atoms. The minimum absolute atomic E-state index is 0.165. The monoisotopic (exact) mass is 344 g/mol. The van der Waals surface area contributed by atoms with Gasteiger partial charge < -0.3 is 9.67 Å². The van der Waals surface area contributed by atoms with E-state index < -0.39 is 5.97 Å². The highest BCUT2D eigenvalue weighted by Gasteiger charge is 2.36. The third-order valence-corrected chi connectivity index (χ3v) is 4.64. The maximum Gasteiger partial charge on any atom is 0.323 e. The highest BCUT2D eigenvalue weighted by atomic mass is 32.2. The number of hydrogen-bond acceptors (Lipinski definition) is 4. The average Bonchev–Trinajstić information content (AvgIpc) is 2.98. The molecule has 124 valence electrons. The van der Waals surface area contributed by atoms with Crippen LogP contribution in [0.25, 0.3) is 17.0 Å². The summed E-state index contributed by atoms with van der Waals surface area (Å²) in [6.07, 6.45) is 3.36. The lowest BCUT2D eigenvalue weighted by Gasteiger charge is -2.16. The highest BCUT2D eigenvalue weighted by molar-refractivity contribution is 8.18. The molecule has 1 aromatic carbocycles. The smallest absolute Gasteiger partial charge is 0.323 e. The molecule has 7 heteroatoms. The van der Waals surface area contributed by atoms with E-state index in [1.54, 1.807) is 30.7 Å².